The van der Waals surface area contributed by atoms with E-state index in [4.69, 9.17) is 9.47 Å². The van der Waals surface area contributed by atoms with Gasteiger partial charge in [-0.15, -0.1) is 0 Å². The van der Waals surface area contributed by atoms with E-state index in [1.165, 1.54) is 24.6 Å². The minimum atomic E-state index is -3.64. The van der Waals surface area contributed by atoms with E-state index in [0.29, 0.717) is 31.7 Å². The zero-order valence-corrected chi connectivity index (χ0v) is 13.3. The van der Waals surface area contributed by atoms with Gasteiger partial charge in [-0.3, -0.25) is 0 Å². The summed E-state index contributed by atoms with van der Waals surface area (Å²) in [6.45, 7) is 2.32. The molecule has 2 rings (SSSR count). The summed E-state index contributed by atoms with van der Waals surface area (Å²) in [5, 5.41) is 9.93. The fraction of sp³-hybridized carbons (Fsp3) is 0.571. The summed E-state index contributed by atoms with van der Waals surface area (Å²) < 4.78 is 37.0. The number of rotatable bonds is 4. The lowest BCUT2D eigenvalue weighted by Crippen LogP contribution is -2.45. The summed E-state index contributed by atoms with van der Waals surface area (Å²) in [4.78, 5) is 0.118. The van der Waals surface area contributed by atoms with Crippen LogP contribution < -0.4 is 9.47 Å². The largest absolute Gasteiger partial charge is 0.497 e. The van der Waals surface area contributed by atoms with Crippen molar-refractivity contribution in [1.29, 1.82) is 0 Å². The van der Waals surface area contributed by atoms with Crippen LogP contribution in [0, 0.1) is 0 Å². The second-order valence-corrected chi connectivity index (χ2v) is 7.32. The third kappa shape index (κ3) is 3.30. The molecule has 21 heavy (non-hydrogen) atoms. The SMILES string of the molecule is COc1ccc(S(=O)(=O)N2CCC(C)(O)CC2)c(OC)c1. The normalized spacial score (nSPS) is 19.2. The molecule has 7 heteroatoms. The van der Waals surface area contributed by atoms with Gasteiger partial charge >= 0.3 is 0 Å². The molecule has 118 valence electrons. The standard InChI is InChI=1S/C14H21NO5S/c1-14(16)6-8-15(9-7-14)21(17,18)13-5-4-11(19-2)10-12(13)20-3/h4-5,10,16H,6-9H2,1-3H3. The van der Waals surface area contributed by atoms with E-state index >= 15 is 0 Å². The van der Waals surface area contributed by atoms with Gasteiger partial charge in [-0.25, -0.2) is 8.42 Å². The van der Waals surface area contributed by atoms with Gasteiger partial charge in [0.15, 0.2) is 0 Å². The first kappa shape index (κ1) is 16.1. The molecule has 1 N–H and O–H groups in total. The molecule has 1 aromatic rings. The molecule has 0 aliphatic carbocycles. The molecule has 1 heterocycles. The zero-order chi connectivity index (χ0) is 15.7. The van der Waals surface area contributed by atoms with Gasteiger partial charge in [0.25, 0.3) is 0 Å². The van der Waals surface area contributed by atoms with Crippen molar-refractivity contribution in [2.75, 3.05) is 27.3 Å². The van der Waals surface area contributed by atoms with Crippen molar-refractivity contribution in [2.45, 2.75) is 30.3 Å². The molecule has 1 aliphatic rings. The highest BCUT2D eigenvalue weighted by Crippen LogP contribution is 2.33. The van der Waals surface area contributed by atoms with Crippen molar-refractivity contribution in [1.82, 2.24) is 4.31 Å². The van der Waals surface area contributed by atoms with Crippen LogP contribution in [0.25, 0.3) is 0 Å². The molecule has 0 radical (unpaired) electrons. The van der Waals surface area contributed by atoms with Gasteiger partial charge in [-0.1, -0.05) is 0 Å². The molecule has 0 atom stereocenters. The summed E-state index contributed by atoms with van der Waals surface area (Å²) in [5.41, 5.74) is -0.796. The van der Waals surface area contributed by atoms with E-state index in [-0.39, 0.29) is 10.6 Å². The summed E-state index contributed by atoms with van der Waals surface area (Å²) in [5.74, 6) is 0.791. The summed E-state index contributed by atoms with van der Waals surface area (Å²) in [6, 6.07) is 4.63. The number of hydrogen-bond donors (Lipinski definition) is 1. The fourth-order valence-corrected chi connectivity index (χ4v) is 3.91. The number of methoxy groups -OCH3 is 2. The van der Waals surface area contributed by atoms with Crippen LogP contribution in [0.4, 0.5) is 0 Å². The summed E-state index contributed by atoms with van der Waals surface area (Å²) in [6.07, 6.45) is 0.843. The lowest BCUT2D eigenvalue weighted by molar-refractivity contribution is 0.0126. The van der Waals surface area contributed by atoms with E-state index in [1.54, 1.807) is 19.1 Å². The monoisotopic (exact) mass is 315 g/mol. The molecule has 6 nitrogen and oxygen atoms in total. The number of benzene rings is 1. The average Bonchev–Trinajstić information content (AvgIpc) is 2.46. The number of aliphatic hydroxyl groups is 1. The van der Waals surface area contributed by atoms with Gasteiger partial charge in [0.2, 0.25) is 10.0 Å². The molecule has 0 spiro atoms. The van der Waals surface area contributed by atoms with Crippen LogP contribution in [0.15, 0.2) is 23.1 Å². The third-order valence-corrected chi connectivity index (χ3v) is 5.73. The molecule has 1 saturated heterocycles. The molecule has 0 bridgehead atoms. The van der Waals surface area contributed by atoms with Gasteiger partial charge in [-0.2, -0.15) is 4.31 Å². The molecule has 1 aromatic carbocycles. The molecule has 0 saturated carbocycles. The topological polar surface area (TPSA) is 76.1 Å². The van der Waals surface area contributed by atoms with Crippen molar-refractivity contribution < 1.29 is 23.0 Å². The van der Waals surface area contributed by atoms with Gasteiger partial charge < -0.3 is 14.6 Å². The first-order valence-corrected chi connectivity index (χ1v) is 8.19. The number of sulfonamides is 1. The Bertz CT molecular complexity index is 602. The van der Waals surface area contributed by atoms with Crippen LogP contribution in [0.3, 0.4) is 0 Å². The maximum atomic E-state index is 12.7. The van der Waals surface area contributed by atoms with Gasteiger partial charge in [-0.05, 0) is 31.9 Å². The van der Waals surface area contributed by atoms with Crippen molar-refractivity contribution in [3.8, 4) is 11.5 Å². The van der Waals surface area contributed by atoms with Crippen molar-refractivity contribution in [3.63, 3.8) is 0 Å². The van der Waals surface area contributed by atoms with E-state index in [2.05, 4.69) is 0 Å². The Morgan fingerprint density at radius 2 is 1.81 bits per heavy atom. The first-order valence-electron chi connectivity index (χ1n) is 6.75. The minimum Gasteiger partial charge on any atom is -0.497 e. The van der Waals surface area contributed by atoms with Gasteiger partial charge in [0, 0.05) is 19.2 Å². The van der Waals surface area contributed by atoms with Crippen LogP contribution in [-0.2, 0) is 10.0 Å². The van der Waals surface area contributed by atoms with Gasteiger partial charge in [0.1, 0.15) is 16.4 Å². The molecule has 1 aliphatic heterocycles. The molecule has 0 unspecified atom stereocenters. The highest BCUT2D eigenvalue weighted by Gasteiger charge is 2.35. The predicted molar refractivity (Wildman–Crippen MR) is 78.2 cm³/mol. The summed E-state index contributed by atoms with van der Waals surface area (Å²) in [7, 11) is -0.703. The Morgan fingerprint density at radius 1 is 1.19 bits per heavy atom. The number of piperidine rings is 1. The second kappa shape index (κ2) is 5.82. The minimum absolute atomic E-state index is 0.118. The van der Waals surface area contributed by atoms with Crippen LogP contribution in [-0.4, -0.2) is 50.7 Å². The fourth-order valence-electron chi connectivity index (χ4n) is 2.34. The van der Waals surface area contributed by atoms with E-state index in [1.807, 2.05) is 0 Å². The predicted octanol–water partition coefficient (Wildman–Crippen LogP) is 1.24. The molecular formula is C14H21NO5S. The van der Waals surface area contributed by atoms with E-state index in [9.17, 15) is 13.5 Å². The highest BCUT2D eigenvalue weighted by molar-refractivity contribution is 7.89. The Balaban J connectivity index is 2.32. The number of ether oxygens (including phenoxy) is 2. The Morgan fingerprint density at radius 3 is 2.33 bits per heavy atom. The smallest absolute Gasteiger partial charge is 0.246 e. The lowest BCUT2D eigenvalue weighted by atomic mass is 9.95. The molecule has 0 aromatic heterocycles. The molecule has 1 fully saturated rings. The highest BCUT2D eigenvalue weighted by atomic mass is 32.2. The lowest BCUT2D eigenvalue weighted by Gasteiger charge is -2.35. The average molecular weight is 315 g/mol. The maximum absolute atomic E-state index is 12.7. The zero-order valence-electron chi connectivity index (χ0n) is 12.5. The Hall–Kier alpha value is -1.31. The van der Waals surface area contributed by atoms with Crippen LogP contribution in [0.2, 0.25) is 0 Å². The molecular weight excluding hydrogens is 294 g/mol. The quantitative estimate of drug-likeness (QED) is 0.904. The van der Waals surface area contributed by atoms with E-state index < -0.39 is 15.6 Å². The second-order valence-electron chi connectivity index (χ2n) is 5.42. The van der Waals surface area contributed by atoms with Crippen molar-refractivity contribution in [2.24, 2.45) is 0 Å². The summed E-state index contributed by atoms with van der Waals surface area (Å²) >= 11 is 0. The van der Waals surface area contributed by atoms with Crippen molar-refractivity contribution in [3.05, 3.63) is 18.2 Å². The van der Waals surface area contributed by atoms with E-state index in [0.717, 1.165) is 0 Å². The Kier molecular flexibility index (Phi) is 4.46. The maximum Gasteiger partial charge on any atom is 0.246 e. The van der Waals surface area contributed by atoms with Crippen LogP contribution in [0.5, 0.6) is 11.5 Å². The first-order chi connectivity index (χ1) is 9.80. The number of nitrogens with zero attached hydrogens (tertiary/aromatic N) is 1. The Labute approximate surface area is 125 Å². The van der Waals surface area contributed by atoms with Gasteiger partial charge in [0.05, 0.1) is 19.8 Å². The molecule has 0 amide bonds. The third-order valence-electron chi connectivity index (χ3n) is 3.79. The van der Waals surface area contributed by atoms with Crippen LogP contribution >= 0.6 is 0 Å². The van der Waals surface area contributed by atoms with Crippen molar-refractivity contribution >= 4 is 10.0 Å². The van der Waals surface area contributed by atoms with Crippen LogP contribution in [0.1, 0.15) is 19.8 Å². The number of hydrogen-bond acceptors (Lipinski definition) is 5.